The van der Waals surface area contributed by atoms with Crippen molar-refractivity contribution in [3.05, 3.63) is 47.7 Å². The van der Waals surface area contributed by atoms with Crippen molar-refractivity contribution in [2.24, 2.45) is 0 Å². The molecule has 2 rings (SSSR count). The molecular formula is C12H9FN2O2. The van der Waals surface area contributed by atoms with Crippen LogP contribution in [0.5, 0.6) is 0 Å². The summed E-state index contributed by atoms with van der Waals surface area (Å²) in [5.41, 5.74) is 0.863. The molecule has 0 amide bonds. The zero-order valence-corrected chi connectivity index (χ0v) is 9.01. The molecule has 0 aliphatic heterocycles. The maximum absolute atomic E-state index is 13.8. The lowest BCUT2D eigenvalue weighted by molar-refractivity contribution is 0.0684. The topological polar surface area (TPSA) is 63.1 Å². The van der Waals surface area contributed by atoms with Gasteiger partial charge in [0, 0.05) is 5.56 Å². The van der Waals surface area contributed by atoms with Crippen LogP contribution in [-0.4, -0.2) is 21.0 Å². The van der Waals surface area contributed by atoms with Crippen LogP contribution >= 0.6 is 0 Å². The quantitative estimate of drug-likeness (QED) is 0.862. The number of carboxylic acid groups (broad SMARTS) is 1. The average molecular weight is 232 g/mol. The first-order valence-corrected chi connectivity index (χ1v) is 4.90. The van der Waals surface area contributed by atoms with Gasteiger partial charge in [-0.25, -0.2) is 19.2 Å². The summed E-state index contributed by atoms with van der Waals surface area (Å²) in [6, 6.07) is 7.02. The summed E-state index contributed by atoms with van der Waals surface area (Å²) >= 11 is 0. The number of rotatable bonds is 2. The van der Waals surface area contributed by atoms with Crippen molar-refractivity contribution in [1.29, 1.82) is 0 Å². The molecule has 1 N–H and O–H groups in total. The zero-order chi connectivity index (χ0) is 12.4. The van der Waals surface area contributed by atoms with Crippen molar-refractivity contribution >= 4 is 5.97 Å². The predicted octanol–water partition coefficient (Wildman–Crippen LogP) is 2.29. The molecule has 1 heterocycles. The fraction of sp³-hybridized carbons (Fsp3) is 0.0833. The summed E-state index contributed by atoms with van der Waals surface area (Å²) in [6.07, 6.45) is 1.05. The minimum atomic E-state index is -1.40. The molecule has 4 nitrogen and oxygen atoms in total. The first-order chi connectivity index (χ1) is 8.09. The highest BCUT2D eigenvalue weighted by atomic mass is 19.1. The highest BCUT2D eigenvalue weighted by Gasteiger charge is 2.17. The lowest BCUT2D eigenvalue weighted by atomic mass is 10.1. The number of hydrogen-bond acceptors (Lipinski definition) is 3. The van der Waals surface area contributed by atoms with E-state index in [1.54, 1.807) is 18.2 Å². The third kappa shape index (κ3) is 2.13. The molecule has 17 heavy (non-hydrogen) atoms. The van der Waals surface area contributed by atoms with Gasteiger partial charge in [-0.05, 0) is 13.0 Å². The molecule has 0 saturated carbocycles. The molecule has 0 saturated heterocycles. The Balaban J connectivity index is 2.60. The second kappa shape index (κ2) is 4.29. The van der Waals surface area contributed by atoms with Gasteiger partial charge in [0.05, 0.1) is 0 Å². The van der Waals surface area contributed by atoms with Crippen LogP contribution < -0.4 is 0 Å². The number of aromatic nitrogens is 2. The first kappa shape index (κ1) is 11.2. The molecule has 0 unspecified atom stereocenters. The Bertz CT molecular complexity index is 584. The van der Waals surface area contributed by atoms with Crippen molar-refractivity contribution in [3.8, 4) is 11.3 Å². The van der Waals surface area contributed by atoms with Crippen LogP contribution in [0, 0.1) is 12.7 Å². The van der Waals surface area contributed by atoms with Gasteiger partial charge in [-0.1, -0.05) is 23.8 Å². The molecule has 0 radical (unpaired) electrons. The predicted molar refractivity (Wildman–Crippen MR) is 59.1 cm³/mol. The minimum absolute atomic E-state index is 0.00102. The zero-order valence-electron chi connectivity index (χ0n) is 9.01. The molecule has 0 fully saturated rings. The van der Waals surface area contributed by atoms with Crippen molar-refractivity contribution in [2.75, 3.05) is 0 Å². The molecule has 0 spiro atoms. The fourth-order valence-electron chi connectivity index (χ4n) is 1.51. The summed E-state index contributed by atoms with van der Waals surface area (Å²) in [5.74, 6) is -2.32. The largest absolute Gasteiger partial charge is 0.476 e. The monoisotopic (exact) mass is 232 g/mol. The smallest absolute Gasteiger partial charge is 0.357 e. The maximum Gasteiger partial charge on any atom is 0.357 e. The number of hydrogen-bond donors (Lipinski definition) is 1. The van der Waals surface area contributed by atoms with Gasteiger partial charge in [0.1, 0.15) is 12.0 Å². The normalized spacial score (nSPS) is 10.2. The summed E-state index contributed by atoms with van der Waals surface area (Å²) in [6.45, 7) is 1.86. The van der Waals surface area contributed by atoms with Crippen LogP contribution in [0.4, 0.5) is 4.39 Å². The van der Waals surface area contributed by atoms with Crippen LogP contribution in [0.3, 0.4) is 0 Å². The van der Waals surface area contributed by atoms with E-state index in [0.29, 0.717) is 5.56 Å². The number of aromatic carboxylic acids is 1. The van der Waals surface area contributed by atoms with Gasteiger partial charge in [-0.15, -0.1) is 0 Å². The Hall–Kier alpha value is -2.30. The summed E-state index contributed by atoms with van der Waals surface area (Å²) in [7, 11) is 0. The SMILES string of the molecule is Cc1cccc(-c2ncnc(C(=O)O)c2F)c1. The number of nitrogens with zero attached hydrogens (tertiary/aromatic N) is 2. The van der Waals surface area contributed by atoms with Gasteiger partial charge in [0.15, 0.2) is 11.5 Å². The van der Waals surface area contributed by atoms with E-state index in [0.717, 1.165) is 11.9 Å². The van der Waals surface area contributed by atoms with Gasteiger partial charge in [0.25, 0.3) is 0 Å². The molecule has 0 aliphatic carbocycles. The minimum Gasteiger partial charge on any atom is -0.476 e. The van der Waals surface area contributed by atoms with Crippen molar-refractivity contribution in [1.82, 2.24) is 9.97 Å². The Morgan fingerprint density at radius 3 is 2.76 bits per heavy atom. The van der Waals surface area contributed by atoms with E-state index in [4.69, 9.17) is 5.11 Å². The second-order valence-electron chi connectivity index (χ2n) is 3.56. The number of aryl methyl sites for hydroxylation is 1. The fourth-order valence-corrected chi connectivity index (χ4v) is 1.51. The van der Waals surface area contributed by atoms with E-state index in [1.165, 1.54) is 0 Å². The van der Waals surface area contributed by atoms with Crippen LogP contribution in [0.1, 0.15) is 16.1 Å². The lowest BCUT2D eigenvalue weighted by Crippen LogP contribution is -2.06. The average Bonchev–Trinajstić information content (AvgIpc) is 2.29. The molecule has 0 bridgehead atoms. The molecular weight excluding hydrogens is 223 g/mol. The Kier molecular flexibility index (Phi) is 2.82. The lowest BCUT2D eigenvalue weighted by Gasteiger charge is -2.04. The molecule has 86 valence electrons. The number of benzene rings is 1. The summed E-state index contributed by atoms with van der Waals surface area (Å²) < 4.78 is 13.8. The Morgan fingerprint density at radius 2 is 2.12 bits per heavy atom. The molecule has 5 heteroatoms. The third-order valence-corrected chi connectivity index (χ3v) is 2.28. The van der Waals surface area contributed by atoms with Crippen molar-refractivity contribution in [2.45, 2.75) is 6.92 Å². The van der Waals surface area contributed by atoms with Gasteiger partial charge in [0.2, 0.25) is 0 Å². The summed E-state index contributed by atoms with van der Waals surface area (Å²) in [4.78, 5) is 17.9. The standard InChI is InChI=1S/C12H9FN2O2/c1-7-3-2-4-8(5-7)10-9(13)11(12(16)17)15-6-14-10/h2-6H,1H3,(H,16,17). The highest BCUT2D eigenvalue weighted by molar-refractivity contribution is 5.87. The van der Waals surface area contributed by atoms with Crippen molar-refractivity contribution in [3.63, 3.8) is 0 Å². The molecule has 1 aromatic carbocycles. The van der Waals surface area contributed by atoms with E-state index < -0.39 is 17.5 Å². The third-order valence-electron chi connectivity index (χ3n) is 2.28. The molecule has 1 aromatic heterocycles. The first-order valence-electron chi connectivity index (χ1n) is 4.90. The van der Waals surface area contributed by atoms with Crippen molar-refractivity contribution < 1.29 is 14.3 Å². The van der Waals surface area contributed by atoms with Gasteiger partial charge in [-0.3, -0.25) is 0 Å². The summed E-state index contributed by atoms with van der Waals surface area (Å²) in [5, 5.41) is 8.76. The van der Waals surface area contributed by atoms with Crippen LogP contribution in [0.15, 0.2) is 30.6 Å². The van der Waals surface area contributed by atoms with E-state index >= 15 is 0 Å². The Morgan fingerprint density at radius 1 is 1.35 bits per heavy atom. The second-order valence-corrected chi connectivity index (χ2v) is 3.56. The van der Waals surface area contributed by atoms with E-state index in [9.17, 15) is 9.18 Å². The van der Waals surface area contributed by atoms with E-state index in [2.05, 4.69) is 9.97 Å². The van der Waals surface area contributed by atoms with Crippen LogP contribution in [0.25, 0.3) is 11.3 Å². The molecule has 0 atom stereocenters. The highest BCUT2D eigenvalue weighted by Crippen LogP contribution is 2.22. The van der Waals surface area contributed by atoms with E-state index in [-0.39, 0.29) is 5.69 Å². The van der Waals surface area contributed by atoms with Crippen LogP contribution in [-0.2, 0) is 0 Å². The number of carbonyl (C=O) groups is 1. The van der Waals surface area contributed by atoms with Gasteiger partial charge in [-0.2, -0.15) is 0 Å². The van der Waals surface area contributed by atoms with Crippen LogP contribution in [0.2, 0.25) is 0 Å². The number of halogens is 1. The Labute approximate surface area is 96.8 Å². The van der Waals surface area contributed by atoms with Gasteiger partial charge < -0.3 is 5.11 Å². The molecule has 2 aromatic rings. The number of carboxylic acids is 1. The molecule has 0 aliphatic rings. The van der Waals surface area contributed by atoms with E-state index in [1.807, 2.05) is 13.0 Å². The maximum atomic E-state index is 13.8. The van der Waals surface area contributed by atoms with Gasteiger partial charge >= 0.3 is 5.97 Å².